The van der Waals surface area contributed by atoms with Crippen LogP contribution in [0.1, 0.15) is 37.6 Å². The maximum absolute atomic E-state index is 4.93. The van der Waals surface area contributed by atoms with Crippen molar-refractivity contribution < 1.29 is 0 Å². The fourth-order valence-electron chi connectivity index (χ4n) is 6.00. The topological polar surface area (TPSA) is 95.0 Å². The van der Waals surface area contributed by atoms with Gasteiger partial charge in [-0.1, -0.05) is 37.3 Å². The van der Waals surface area contributed by atoms with E-state index in [-0.39, 0.29) is 6.04 Å². The molecule has 5 aromatic rings. The van der Waals surface area contributed by atoms with Crippen LogP contribution in [0.2, 0.25) is 0 Å². The minimum atomic E-state index is 0.166. The Morgan fingerprint density at radius 2 is 1.85 bits per heavy atom. The Kier molecular flexibility index (Phi) is 6.72. The van der Waals surface area contributed by atoms with Crippen LogP contribution in [0.15, 0.2) is 67.1 Å². The summed E-state index contributed by atoms with van der Waals surface area (Å²) in [6.45, 7) is 9.59. The van der Waals surface area contributed by atoms with Gasteiger partial charge in [0.2, 0.25) is 5.95 Å². The number of aryl methyl sites for hydroxylation is 1. The number of hydrogen-bond donors (Lipinski definition) is 2. The molecule has 2 aliphatic heterocycles. The summed E-state index contributed by atoms with van der Waals surface area (Å²) in [5, 5.41) is 7.87. The van der Waals surface area contributed by atoms with E-state index < -0.39 is 0 Å². The maximum Gasteiger partial charge on any atom is 0.227 e. The molecule has 2 fully saturated rings. The Balaban J connectivity index is 1.09. The lowest BCUT2D eigenvalue weighted by atomic mass is 10.1. The molecule has 7 rings (SSSR count). The molecule has 41 heavy (non-hydrogen) atoms. The van der Waals surface area contributed by atoms with Crippen molar-refractivity contribution in [3.63, 3.8) is 0 Å². The molecular formula is C31H33N9S. The largest absolute Gasteiger partial charge is 0.377 e. The molecule has 6 heterocycles. The molecule has 2 saturated heterocycles. The summed E-state index contributed by atoms with van der Waals surface area (Å²) in [6, 6.07) is 17.7. The van der Waals surface area contributed by atoms with E-state index in [1.807, 2.05) is 43.7 Å². The number of nitrogens with one attached hydrogen (secondary N) is 2. The number of aromatic nitrogens is 5. The molecule has 0 aliphatic carbocycles. The molecule has 3 atom stereocenters. The fourth-order valence-corrected chi connectivity index (χ4v) is 6.89. The number of likely N-dealkylation sites (tertiary alicyclic amines) is 1. The van der Waals surface area contributed by atoms with Crippen LogP contribution in [-0.2, 0) is 0 Å². The molecule has 0 unspecified atom stereocenters. The van der Waals surface area contributed by atoms with Gasteiger partial charge in [-0.3, -0.25) is 9.88 Å². The van der Waals surface area contributed by atoms with Crippen molar-refractivity contribution in [1.29, 1.82) is 0 Å². The number of fused-ring (bicyclic) bond motifs is 3. The number of anilines is 4. The van der Waals surface area contributed by atoms with Gasteiger partial charge in [0.25, 0.3) is 0 Å². The molecule has 1 aromatic carbocycles. The van der Waals surface area contributed by atoms with Crippen molar-refractivity contribution in [2.75, 3.05) is 35.2 Å². The van der Waals surface area contributed by atoms with Gasteiger partial charge in [-0.05, 0) is 38.4 Å². The van der Waals surface area contributed by atoms with Crippen LogP contribution in [0, 0.1) is 6.92 Å². The number of likely N-dealkylation sites (N-methyl/N-ethyl adjacent to an activating group) is 1. The van der Waals surface area contributed by atoms with Crippen molar-refractivity contribution in [1.82, 2.24) is 29.8 Å². The van der Waals surface area contributed by atoms with Crippen LogP contribution in [0.5, 0.6) is 0 Å². The first kappa shape index (κ1) is 25.8. The molecule has 0 saturated carbocycles. The van der Waals surface area contributed by atoms with E-state index in [1.165, 1.54) is 12.0 Å². The highest BCUT2D eigenvalue weighted by Gasteiger charge is 2.43. The fraction of sp³-hybridized carbons (Fsp3) is 0.323. The Morgan fingerprint density at radius 1 is 0.976 bits per heavy atom. The number of rotatable bonds is 8. The molecule has 2 bridgehead atoms. The molecule has 10 heteroatoms. The summed E-state index contributed by atoms with van der Waals surface area (Å²) >= 11 is 1.61. The summed E-state index contributed by atoms with van der Waals surface area (Å²) in [5.74, 6) is 2.26. The van der Waals surface area contributed by atoms with Crippen LogP contribution in [-0.4, -0.2) is 61.5 Å². The molecule has 4 aromatic heterocycles. The highest BCUT2D eigenvalue weighted by atomic mass is 32.1. The lowest BCUT2D eigenvalue weighted by Gasteiger charge is -2.33. The molecule has 2 N–H and O–H groups in total. The van der Waals surface area contributed by atoms with E-state index in [2.05, 4.69) is 74.6 Å². The van der Waals surface area contributed by atoms with Crippen LogP contribution >= 0.6 is 11.3 Å². The standard InChI is InChI=1S/C31H33N9S/c1-4-39-17-25-12-24(39)18-40(25)31-34-19(2)10-29(38-31)37-28-13-26-27(16-33-28)41-30(36-26)22-11-23(15-32-14-22)35-20(3)21-8-6-5-7-9-21/h5-11,13-16,20,24-25,35H,4,12,17-18H2,1-3H3,(H,33,34,37,38)/t20-,24+,25+/m1/s1. The molecule has 0 spiro atoms. The SMILES string of the molecule is CCN1C[C@@H]2C[C@H]1CN2c1nc(C)cc(Nc2cc3nc(-c4cncc(N[C@H](C)c5ccccc5)c4)sc3cn2)n1. The third-order valence-electron chi connectivity index (χ3n) is 8.06. The highest BCUT2D eigenvalue weighted by Crippen LogP contribution is 2.35. The zero-order valence-corrected chi connectivity index (χ0v) is 24.3. The predicted molar refractivity (Wildman–Crippen MR) is 166 cm³/mol. The Bertz CT molecular complexity index is 1690. The van der Waals surface area contributed by atoms with Crippen LogP contribution in [0.4, 0.5) is 23.3 Å². The summed E-state index contributed by atoms with van der Waals surface area (Å²) < 4.78 is 1.02. The van der Waals surface area contributed by atoms with Gasteiger partial charge in [-0.25, -0.2) is 15.0 Å². The van der Waals surface area contributed by atoms with E-state index in [0.717, 1.165) is 63.6 Å². The first-order valence-corrected chi connectivity index (χ1v) is 15.0. The van der Waals surface area contributed by atoms with Crippen molar-refractivity contribution in [3.8, 4) is 10.6 Å². The number of nitrogens with zero attached hydrogens (tertiary/aromatic N) is 7. The number of pyridine rings is 2. The minimum Gasteiger partial charge on any atom is -0.377 e. The van der Waals surface area contributed by atoms with Crippen molar-refractivity contribution >= 4 is 44.8 Å². The monoisotopic (exact) mass is 563 g/mol. The summed E-state index contributed by atoms with van der Waals surface area (Å²) in [6.07, 6.45) is 6.78. The quantitative estimate of drug-likeness (QED) is 0.234. The van der Waals surface area contributed by atoms with Gasteiger partial charge in [-0.15, -0.1) is 11.3 Å². The van der Waals surface area contributed by atoms with E-state index in [4.69, 9.17) is 15.0 Å². The predicted octanol–water partition coefficient (Wildman–Crippen LogP) is 6.05. The lowest BCUT2D eigenvalue weighted by molar-refractivity contribution is 0.250. The van der Waals surface area contributed by atoms with Crippen LogP contribution in [0.3, 0.4) is 0 Å². The van der Waals surface area contributed by atoms with Crippen molar-refractivity contribution in [2.24, 2.45) is 0 Å². The molecule has 0 radical (unpaired) electrons. The van der Waals surface area contributed by atoms with Crippen molar-refractivity contribution in [3.05, 3.63) is 78.4 Å². The molecule has 208 valence electrons. The number of benzene rings is 1. The Labute approximate surface area is 243 Å². The Morgan fingerprint density at radius 3 is 2.66 bits per heavy atom. The smallest absolute Gasteiger partial charge is 0.227 e. The third kappa shape index (κ3) is 5.20. The number of piperazine rings is 1. The van der Waals surface area contributed by atoms with Gasteiger partial charge in [0.15, 0.2) is 0 Å². The van der Waals surface area contributed by atoms with Gasteiger partial charge < -0.3 is 15.5 Å². The second-order valence-corrected chi connectivity index (χ2v) is 11.9. The zero-order valence-electron chi connectivity index (χ0n) is 23.5. The van der Waals surface area contributed by atoms with E-state index in [1.54, 1.807) is 11.3 Å². The number of hydrogen-bond acceptors (Lipinski definition) is 10. The third-order valence-corrected chi connectivity index (χ3v) is 9.11. The lowest BCUT2D eigenvalue weighted by Crippen LogP contribution is -2.46. The van der Waals surface area contributed by atoms with E-state index in [9.17, 15) is 0 Å². The molecule has 0 amide bonds. The summed E-state index contributed by atoms with van der Waals surface area (Å²) in [4.78, 5) is 28.7. The van der Waals surface area contributed by atoms with Crippen molar-refractivity contribution in [2.45, 2.75) is 45.3 Å². The average Bonchev–Trinajstić information content (AvgIpc) is 3.72. The maximum atomic E-state index is 4.93. The first-order valence-electron chi connectivity index (χ1n) is 14.2. The molecule has 9 nitrogen and oxygen atoms in total. The first-order chi connectivity index (χ1) is 20.0. The molecular weight excluding hydrogens is 530 g/mol. The Hall–Kier alpha value is -4.15. The highest BCUT2D eigenvalue weighted by molar-refractivity contribution is 7.21. The second kappa shape index (κ2) is 10.7. The zero-order chi connectivity index (χ0) is 27.9. The summed E-state index contributed by atoms with van der Waals surface area (Å²) in [5.41, 5.74) is 4.99. The molecule has 2 aliphatic rings. The van der Waals surface area contributed by atoms with Gasteiger partial charge in [0, 0.05) is 73.2 Å². The van der Waals surface area contributed by atoms with Gasteiger partial charge in [0.1, 0.15) is 16.6 Å². The van der Waals surface area contributed by atoms with Crippen LogP contribution < -0.4 is 15.5 Å². The van der Waals surface area contributed by atoms with E-state index >= 15 is 0 Å². The number of thiazole rings is 1. The van der Waals surface area contributed by atoms with Gasteiger partial charge >= 0.3 is 0 Å². The van der Waals surface area contributed by atoms with Crippen LogP contribution in [0.25, 0.3) is 20.8 Å². The van der Waals surface area contributed by atoms with Gasteiger partial charge in [0.05, 0.1) is 15.9 Å². The minimum absolute atomic E-state index is 0.166. The van der Waals surface area contributed by atoms with Gasteiger partial charge in [-0.2, -0.15) is 4.98 Å². The average molecular weight is 564 g/mol. The second-order valence-electron chi connectivity index (χ2n) is 10.9. The normalized spacial score (nSPS) is 19.1. The van der Waals surface area contributed by atoms with E-state index in [0.29, 0.717) is 17.9 Å². The summed E-state index contributed by atoms with van der Waals surface area (Å²) in [7, 11) is 0.